The molecule has 0 atom stereocenters. The third kappa shape index (κ3) is 3.64. The van der Waals surface area contributed by atoms with E-state index in [-0.39, 0.29) is 5.60 Å². The minimum atomic E-state index is -0.179. The Hall–Kier alpha value is -0.940. The van der Waals surface area contributed by atoms with Crippen LogP contribution in [0.1, 0.15) is 58.1 Å². The van der Waals surface area contributed by atoms with Crippen LogP contribution < -0.4 is 5.73 Å². The van der Waals surface area contributed by atoms with E-state index in [2.05, 4.69) is 31.0 Å². The maximum atomic E-state index is 6.21. The van der Waals surface area contributed by atoms with Gasteiger partial charge >= 0.3 is 0 Å². The molecule has 1 heterocycles. The zero-order valence-corrected chi connectivity index (χ0v) is 14.1. The molecule has 0 aromatic carbocycles. The van der Waals surface area contributed by atoms with Gasteiger partial charge in [-0.3, -0.25) is 0 Å². The van der Waals surface area contributed by atoms with E-state index in [1.54, 1.807) is 0 Å². The molecule has 21 heavy (non-hydrogen) atoms. The summed E-state index contributed by atoms with van der Waals surface area (Å²) in [5.41, 5.74) is 6.23. The van der Waals surface area contributed by atoms with Gasteiger partial charge in [-0.2, -0.15) is 0 Å². The second-order valence-corrected chi connectivity index (χ2v) is 7.54. The highest BCUT2D eigenvalue weighted by Crippen LogP contribution is 2.42. The molecule has 1 aromatic heterocycles. The van der Waals surface area contributed by atoms with E-state index in [0.29, 0.717) is 18.6 Å². The van der Waals surface area contributed by atoms with Crippen LogP contribution in [-0.4, -0.2) is 26.9 Å². The molecule has 0 spiro atoms. The number of rotatable bonds is 4. The van der Waals surface area contributed by atoms with Crippen LogP contribution in [0, 0.1) is 18.3 Å². The summed E-state index contributed by atoms with van der Waals surface area (Å²) in [6.45, 7) is 10.0. The van der Waals surface area contributed by atoms with Crippen molar-refractivity contribution in [2.24, 2.45) is 24.1 Å². The highest BCUT2D eigenvalue weighted by atomic mass is 16.5. The smallest absolute Gasteiger partial charge is 0.158 e. The molecule has 1 aliphatic carbocycles. The molecule has 2 N–H and O–H groups in total. The molecule has 5 nitrogen and oxygen atoms in total. The maximum Gasteiger partial charge on any atom is 0.158 e. The first-order valence-electron chi connectivity index (χ1n) is 7.96. The van der Waals surface area contributed by atoms with E-state index in [1.807, 2.05) is 18.5 Å². The van der Waals surface area contributed by atoms with E-state index in [1.165, 1.54) is 12.8 Å². The second kappa shape index (κ2) is 6.05. The summed E-state index contributed by atoms with van der Waals surface area (Å²) in [7, 11) is 1.97. The van der Waals surface area contributed by atoms with Crippen LogP contribution in [0.15, 0.2) is 0 Å². The van der Waals surface area contributed by atoms with E-state index in [0.717, 1.165) is 30.4 Å². The molecule has 2 rings (SSSR count). The van der Waals surface area contributed by atoms with Gasteiger partial charge in [-0.25, -0.2) is 0 Å². The van der Waals surface area contributed by atoms with Crippen LogP contribution in [0.3, 0.4) is 0 Å². The van der Waals surface area contributed by atoms with Crippen LogP contribution in [0.2, 0.25) is 0 Å². The quantitative estimate of drug-likeness (QED) is 0.927. The second-order valence-electron chi connectivity index (χ2n) is 7.54. The minimum Gasteiger partial charge on any atom is -0.366 e. The molecule has 5 heteroatoms. The lowest BCUT2D eigenvalue weighted by Gasteiger charge is -2.43. The largest absolute Gasteiger partial charge is 0.366 e. The van der Waals surface area contributed by atoms with E-state index >= 15 is 0 Å². The predicted molar refractivity (Wildman–Crippen MR) is 83.7 cm³/mol. The Kier molecular flexibility index (Phi) is 4.73. The summed E-state index contributed by atoms with van der Waals surface area (Å²) in [6, 6.07) is 0. The van der Waals surface area contributed by atoms with Crippen molar-refractivity contribution >= 4 is 0 Å². The Morgan fingerprint density at radius 3 is 2.33 bits per heavy atom. The fourth-order valence-corrected chi connectivity index (χ4v) is 3.21. The molecule has 0 radical (unpaired) electrons. The average molecular weight is 294 g/mol. The highest BCUT2D eigenvalue weighted by molar-refractivity contribution is 4.94. The fourth-order valence-electron chi connectivity index (χ4n) is 3.21. The summed E-state index contributed by atoms with van der Waals surface area (Å²) in [6.07, 6.45) is 4.47. The summed E-state index contributed by atoms with van der Waals surface area (Å²) in [5.74, 6) is 2.54. The topological polar surface area (TPSA) is 66.0 Å². The molecule has 1 saturated carbocycles. The molecule has 120 valence electrons. The zero-order chi connectivity index (χ0) is 15.7. The van der Waals surface area contributed by atoms with E-state index in [4.69, 9.17) is 10.5 Å². The molecular weight excluding hydrogens is 264 g/mol. The van der Waals surface area contributed by atoms with Gasteiger partial charge in [0.1, 0.15) is 12.4 Å². The molecule has 0 saturated heterocycles. The van der Waals surface area contributed by atoms with Crippen LogP contribution in [0.4, 0.5) is 0 Å². The number of hydrogen-bond donors (Lipinski definition) is 1. The fraction of sp³-hybridized carbons (Fsp3) is 0.875. The van der Waals surface area contributed by atoms with Gasteiger partial charge in [0.15, 0.2) is 5.82 Å². The van der Waals surface area contributed by atoms with Crippen molar-refractivity contribution in [2.45, 2.75) is 65.6 Å². The predicted octanol–water partition coefficient (Wildman–Crippen LogP) is 2.57. The number of aromatic nitrogens is 3. The SMILES string of the molecule is Cc1nnc(COC2(CN)CCC(C(C)(C)C)CC2)n1C. The van der Waals surface area contributed by atoms with Crippen molar-refractivity contribution in [3.05, 3.63) is 11.6 Å². The molecule has 0 unspecified atom stereocenters. The first kappa shape index (κ1) is 16.4. The lowest BCUT2D eigenvalue weighted by atomic mass is 9.68. The highest BCUT2D eigenvalue weighted by Gasteiger charge is 2.38. The standard InChI is InChI=1S/C16H30N4O/c1-12-18-19-14(20(12)5)10-21-16(11-17)8-6-13(7-9-16)15(2,3)4/h13H,6-11,17H2,1-5H3. The van der Waals surface area contributed by atoms with Gasteiger partial charge in [0.05, 0.1) is 5.60 Å². The third-order valence-corrected chi connectivity index (χ3v) is 5.18. The van der Waals surface area contributed by atoms with Crippen molar-refractivity contribution in [1.29, 1.82) is 0 Å². The number of nitrogens with zero attached hydrogens (tertiary/aromatic N) is 3. The summed E-state index contributed by atoms with van der Waals surface area (Å²) >= 11 is 0. The molecule has 1 aliphatic rings. The normalized spacial score (nSPS) is 27.0. The summed E-state index contributed by atoms with van der Waals surface area (Å²) in [4.78, 5) is 0. The summed E-state index contributed by atoms with van der Waals surface area (Å²) < 4.78 is 8.19. The van der Waals surface area contributed by atoms with Gasteiger partial charge in [-0.1, -0.05) is 20.8 Å². The molecule has 0 aliphatic heterocycles. The Morgan fingerprint density at radius 2 is 1.90 bits per heavy atom. The Bertz CT molecular complexity index is 467. The van der Waals surface area contributed by atoms with Gasteiger partial charge in [-0.05, 0) is 43.9 Å². The Labute approximate surface area is 128 Å². The lowest BCUT2D eigenvalue weighted by Crippen LogP contribution is -2.45. The van der Waals surface area contributed by atoms with Crippen molar-refractivity contribution in [1.82, 2.24) is 14.8 Å². The first-order chi connectivity index (χ1) is 9.77. The average Bonchev–Trinajstić information content (AvgIpc) is 2.76. The van der Waals surface area contributed by atoms with Gasteiger partial charge in [-0.15, -0.1) is 10.2 Å². The Balaban J connectivity index is 1.96. The van der Waals surface area contributed by atoms with Gasteiger partial charge in [0.2, 0.25) is 0 Å². The number of nitrogens with two attached hydrogens (primary N) is 1. The molecule has 0 bridgehead atoms. The maximum absolute atomic E-state index is 6.21. The molecule has 1 aromatic rings. The molecule has 0 amide bonds. The van der Waals surface area contributed by atoms with Crippen molar-refractivity contribution in [3.8, 4) is 0 Å². The number of hydrogen-bond acceptors (Lipinski definition) is 4. The van der Waals surface area contributed by atoms with Crippen molar-refractivity contribution in [2.75, 3.05) is 6.54 Å². The summed E-state index contributed by atoms with van der Waals surface area (Å²) in [5, 5.41) is 8.24. The van der Waals surface area contributed by atoms with Gasteiger partial charge in [0, 0.05) is 13.6 Å². The van der Waals surface area contributed by atoms with E-state index in [9.17, 15) is 0 Å². The zero-order valence-electron chi connectivity index (χ0n) is 14.1. The molecule has 1 fully saturated rings. The van der Waals surface area contributed by atoms with Gasteiger partial charge < -0.3 is 15.0 Å². The lowest BCUT2D eigenvalue weighted by molar-refractivity contribution is -0.0914. The van der Waals surface area contributed by atoms with Crippen molar-refractivity contribution < 1.29 is 4.74 Å². The van der Waals surface area contributed by atoms with E-state index < -0.39 is 0 Å². The number of aryl methyl sites for hydroxylation is 1. The van der Waals surface area contributed by atoms with Crippen LogP contribution in [0.25, 0.3) is 0 Å². The monoisotopic (exact) mass is 294 g/mol. The Morgan fingerprint density at radius 1 is 1.29 bits per heavy atom. The van der Waals surface area contributed by atoms with Gasteiger partial charge in [0.25, 0.3) is 0 Å². The van der Waals surface area contributed by atoms with Crippen LogP contribution in [0.5, 0.6) is 0 Å². The van der Waals surface area contributed by atoms with Crippen LogP contribution in [-0.2, 0) is 18.4 Å². The van der Waals surface area contributed by atoms with Crippen LogP contribution >= 0.6 is 0 Å². The molecular formula is C16H30N4O. The third-order valence-electron chi connectivity index (χ3n) is 5.18. The first-order valence-corrected chi connectivity index (χ1v) is 7.96. The van der Waals surface area contributed by atoms with Crippen molar-refractivity contribution in [3.63, 3.8) is 0 Å². The minimum absolute atomic E-state index is 0.179. The number of ether oxygens (including phenoxy) is 1.